The molecule has 8 heteroatoms. The van der Waals surface area contributed by atoms with E-state index in [1.165, 1.54) is 6.33 Å². The van der Waals surface area contributed by atoms with Gasteiger partial charge in [0.25, 0.3) is 10.0 Å². The Labute approximate surface area is 146 Å². The molecule has 2 aromatic rings. The van der Waals surface area contributed by atoms with E-state index in [1.807, 2.05) is 23.9 Å². The van der Waals surface area contributed by atoms with E-state index in [2.05, 4.69) is 41.8 Å². The van der Waals surface area contributed by atoms with Crippen molar-refractivity contribution in [2.24, 2.45) is 0 Å². The van der Waals surface area contributed by atoms with E-state index < -0.39 is 10.0 Å². The lowest BCUT2D eigenvalue weighted by atomic mass is 10.0. The lowest BCUT2D eigenvalue weighted by Gasteiger charge is -2.26. The molecule has 23 heavy (non-hydrogen) atoms. The first-order valence-corrected chi connectivity index (χ1v) is 10.4. The fraction of sp³-hybridized carbons (Fsp3) is 0.467. The van der Waals surface area contributed by atoms with E-state index in [-0.39, 0.29) is 14.8 Å². The number of hydrogen-bond acceptors (Lipinski definition) is 6. The van der Waals surface area contributed by atoms with Crippen LogP contribution in [0.2, 0.25) is 0 Å². The minimum atomic E-state index is -3.61. The van der Waals surface area contributed by atoms with Crippen LogP contribution in [0.25, 0.3) is 0 Å². The fourth-order valence-corrected chi connectivity index (χ4v) is 5.54. The van der Waals surface area contributed by atoms with Gasteiger partial charge < -0.3 is 0 Å². The molecule has 0 spiro atoms. The average molecular weight is 372 g/mol. The SMILES string of the molecule is CC(C)SC(C)(C)Cc1ccc(S(=O)(=O)Nc2ncns2)cc1. The smallest absolute Gasteiger partial charge is 0.253 e. The predicted octanol–water partition coefficient (Wildman–Crippen LogP) is 3.80. The van der Waals surface area contributed by atoms with Gasteiger partial charge in [-0.15, -0.1) is 0 Å². The van der Waals surface area contributed by atoms with Gasteiger partial charge in [0.15, 0.2) is 0 Å². The molecule has 0 atom stereocenters. The van der Waals surface area contributed by atoms with E-state index >= 15 is 0 Å². The standard InChI is InChI=1S/C15H21N3O2S3/c1-11(2)21-15(3,4)9-12-5-7-13(8-6-12)23(19,20)18-14-16-10-17-22-14/h5-8,10-11H,9H2,1-4H3,(H,16,17,18). The first-order valence-electron chi connectivity index (χ1n) is 7.24. The van der Waals surface area contributed by atoms with Gasteiger partial charge in [0.1, 0.15) is 6.33 Å². The van der Waals surface area contributed by atoms with E-state index in [9.17, 15) is 8.42 Å². The molecular weight excluding hydrogens is 350 g/mol. The Morgan fingerprint density at radius 1 is 1.26 bits per heavy atom. The maximum atomic E-state index is 12.3. The topological polar surface area (TPSA) is 72.0 Å². The molecule has 0 unspecified atom stereocenters. The van der Waals surface area contributed by atoms with Gasteiger partial charge in [0.2, 0.25) is 5.13 Å². The van der Waals surface area contributed by atoms with E-state index in [1.54, 1.807) is 12.1 Å². The third-order valence-electron chi connectivity index (χ3n) is 3.00. The van der Waals surface area contributed by atoms with Crippen LogP contribution in [0.4, 0.5) is 5.13 Å². The molecule has 0 saturated heterocycles. The van der Waals surface area contributed by atoms with Crippen LogP contribution in [-0.4, -0.2) is 27.8 Å². The number of thioether (sulfide) groups is 1. The van der Waals surface area contributed by atoms with E-state index in [0.717, 1.165) is 23.5 Å². The summed E-state index contributed by atoms with van der Waals surface area (Å²) >= 11 is 2.93. The number of aromatic nitrogens is 2. The van der Waals surface area contributed by atoms with Crippen molar-refractivity contribution in [2.75, 3.05) is 4.72 Å². The summed E-state index contributed by atoms with van der Waals surface area (Å²) in [7, 11) is -3.61. The fourth-order valence-electron chi connectivity index (χ4n) is 2.35. The van der Waals surface area contributed by atoms with Crippen LogP contribution in [0.15, 0.2) is 35.5 Å². The van der Waals surface area contributed by atoms with Gasteiger partial charge >= 0.3 is 0 Å². The number of hydrogen-bond donors (Lipinski definition) is 1. The molecule has 0 aliphatic rings. The summed E-state index contributed by atoms with van der Waals surface area (Å²) in [5.41, 5.74) is 1.12. The molecule has 1 aromatic heterocycles. The van der Waals surface area contributed by atoms with Crippen molar-refractivity contribution >= 4 is 38.4 Å². The van der Waals surface area contributed by atoms with Crippen molar-refractivity contribution in [2.45, 2.75) is 49.0 Å². The number of benzene rings is 1. The highest BCUT2D eigenvalue weighted by Crippen LogP contribution is 2.32. The van der Waals surface area contributed by atoms with Gasteiger partial charge in [-0.3, -0.25) is 4.72 Å². The molecule has 1 N–H and O–H groups in total. The number of nitrogens with zero attached hydrogens (tertiary/aromatic N) is 2. The van der Waals surface area contributed by atoms with Crippen LogP contribution in [-0.2, 0) is 16.4 Å². The molecule has 1 heterocycles. The molecule has 2 rings (SSSR count). The van der Waals surface area contributed by atoms with Crippen molar-refractivity contribution in [1.82, 2.24) is 9.36 Å². The van der Waals surface area contributed by atoms with Crippen LogP contribution < -0.4 is 4.72 Å². The molecule has 0 aliphatic heterocycles. The molecule has 126 valence electrons. The van der Waals surface area contributed by atoms with Gasteiger partial charge in [0, 0.05) is 16.3 Å². The highest BCUT2D eigenvalue weighted by molar-refractivity contribution is 8.01. The second-order valence-corrected chi connectivity index (χ2v) is 10.8. The lowest BCUT2D eigenvalue weighted by molar-refractivity contribution is 0.601. The van der Waals surface area contributed by atoms with Crippen LogP contribution in [0.3, 0.4) is 0 Å². The Balaban J connectivity index is 2.10. The zero-order valence-electron chi connectivity index (χ0n) is 13.6. The van der Waals surface area contributed by atoms with Crippen LogP contribution in [0.5, 0.6) is 0 Å². The molecular formula is C15H21N3O2S3. The van der Waals surface area contributed by atoms with E-state index in [4.69, 9.17) is 0 Å². The Kier molecular flexibility index (Phi) is 5.70. The normalized spacial score (nSPS) is 12.6. The van der Waals surface area contributed by atoms with Gasteiger partial charge in [-0.1, -0.05) is 39.8 Å². The third kappa shape index (κ3) is 5.47. The summed E-state index contributed by atoms with van der Waals surface area (Å²) in [4.78, 5) is 4.06. The van der Waals surface area contributed by atoms with Crippen molar-refractivity contribution in [3.05, 3.63) is 36.2 Å². The van der Waals surface area contributed by atoms with Crippen LogP contribution in [0, 0.1) is 0 Å². The summed E-state index contributed by atoms with van der Waals surface area (Å²) in [5.74, 6) is 0. The first-order chi connectivity index (χ1) is 10.7. The van der Waals surface area contributed by atoms with Gasteiger partial charge in [-0.05, 0) is 29.4 Å². The van der Waals surface area contributed by atoms with Crippen LogP contribution >= 0.6 is 23.3 Å². The molecule has 5 nitrogen and oxygen atoms in total. The summed E-state index contributed by atoms with van der Waals surface area (Å²) in [5, 5.41) is 0.823. The summed E-state index contributed by atoms with van der Waals surface area (Å²) < 4.78 is 30.8. The van der Waals surface area contributed by atoms with Crippen LogP contribution in [0.1, 0.15) is 33.3 Å². The van der Waals surface area contributed by atoms with Crippen molar-refractivity contribution in [3.8, 4) is 0 Å². The van der Waals surface area contributed by atoms with Gasteiger partial charge in [-0.2, -0.15) is 16.1 Å². The van der Waals surface area contributed by atoms with E-state index in [0.29, 0.717) is 5.25 Å². The third-order valence-corrected chi connectivity index (χ3v) is 6.32. The Morgan fingerprint density at radius 2 is 1.91 bits per heavy atom. The molecule has 0 fully saturated rings. The second kappa shape index (κ2) is 7.19. The van der Waals surface area contributed by atoms with Gasteiger partial charge in [-0.25, -0.2) is 13.4 Å². The molecule has 0 bridgehead atoms. The summed E-state index contributed by atoms with van der Waals surface area (Å²) in [6, 6.07) is 7.01. The molecule has 1 aromatic carbocycles. The molecule has 0 saturated carbocycles. The second-order valence-electron chi connectivity index (χ2n) is 6.10. The van der Waals surface area contributed by atoms with Crippen molar-refractivity contribution in [3.63, 3.8) is 0 Å². The monoisotopic (exact) mass is 371 g/mol. The zero-order valence-corrected chi connectivity index (χ0v) is 16.1. The highest BCUT2D eigenvalue weighted by Gasteiger charge is 2.21. The largest absolute Gasteiger partial charge is 0.263 e. The van der Waals surface area contributed by atoms with Crippen molar-refractivity contribution < 1.29 is 8.42 Å². The number of nitrogens with one attached hydrogen (secondary N) is 1. The Hall–Kier alpha value is -1.12. The quantitative estimate of drug-likeness (QED) is 0.801. The van der Waals surface area contributed by atoms with Gasteiger partial charge in [0.05, 0.1) is 4.90 Å². The molecule has 0 aliphatic carbocycles. The highest BCUT2D eigenvalue weighted by atomic mass is 32.2. The number of sulfonamides is 1. The maximum absolute atomic E-state index is 12.3. The predicted molar refractivity (Wildman–Crippen MR) is 97.7 cm³/mol. The molecule has 0 amide bonds. The zero-order chi connectivity index (χ0) is 17.1. The Bertz CT molecular complexity index is 724. The lowest BCUT2D eigenvalue weighted by Crippen LogP contribution is -2.21. The number of rotatable bonds is 7. The molecule has 0 radical (unpaired) electrons. The average Bonchev–Trinajstić information content (AvgIpc) is 2.89. The first kappa shape index (κ1) is 18.2. The number of anilines is 1. The Morgan fingerprint density at radius 3 is 2.43 bits per heavy atom. The minimum Gasteiger partial charge on any atom is -0.253 e. The summed E-state index contributed by atoms with van der Waals surface area (Å²) in [6.07, 6.45) is 2.21. The summed E-state index contributed by atoms with van der Waals surface area (Å²) in [6.45, 7) is 8.78. The maximum Gasteiger partial charge on any atom is 0.263 e. The van der Waals surface area contributed by atoms with Crippen molar-refractivity contribution in [1.29, 1.82) is 0 Å². The minimum absolute atomic E-state index is 0.110.